The van der Waals surface area contributed by atoms with Gasteiger partial charge in [0.2, 0.25) is 5.95 Å². The number of ether oxygens (including phenoxy) is 5. The number of aromatic nitrogens is 2. The van der Waals surface area contributed by atoms with Crippen molar-refractivity contribution in [3.8, 4) is 17.2 Å². The molecule has 4 bridgehead atoms. The molecule has 3 saturated carbocycles. The van der Waals surface area contributed by atoms with Crippen molar-refractivity contribution >= 4 is 34.8 Å². The molecule has 1 aromatic heterocycles. The molecule has 12 nitrogen and oxygen atoms in total. The number of imidazole rings is 1. The van der Waals surface area contributed by atoms with Crippen LogP contribution < -0.4 is 24.8 Å². The highest BCUT2D eigenvalue weighted by atomic mass is 16.6. The Morgan fingerprint density at radius 2 is 1.82 bits per heavy atom. The predicted molar refractivity (Wildman–Crippen MR) is 239 cm³/mol. The largest absolute Gasteiger partial charge is 0.491 e. The third-order valence-electron chi connectivity index (χ3n) is 14.4. The molecule has 1 saturated heterocycles. The van der Waals surface area contributed by atoms with Gasteiger partial charge in [-0.25, -0.2) is 9.78 Å². The maximum Gasteiger partial charge on any atom is 0.333 e. The van der Waals surface area contributed by atoms with E-state index < -0.39 is 40.3 Å². The van der Waals surface area contributed by atoms with Crippen molar-refractivity contribution in [3.05, 3.63) is 82.0 Å². The number of nitrogens with one attached hydrogen (secondary N) is 2. The molecule has 5 heterocycles. The van der Waals surface area contributed by atoms with E-state index in [9.17, 15) is 9.90 Å². The van der Waals surface area contributed by atoms with Crippen LogP contribution in [0.2, 0.25) is 0 Å². The normalized spacial score (nSPS) is 30.3. The first-order chi connectivity index (χ1) is 29.6. The number of aliphatic hydroxyl groups excluding tert-OH is 1. The van der Waals surface area contributed by atoms with E-state index in [4.69, 9.17) is 28.7 Å². The number of rotatable bonds is 14. The molecule has 12 heteroatoms. The number of para-hydroxylation sites is 2. The van der Waals surface area contributed by atoms with Crippen LogP contribution in [-0.2, 0) is 25.5 Å². The van der Waals surface area contributed by atoms with E-state index in [1.54, 1.807) is 6.92 Å². The Hall–Kier alpha value is -4.91. The number of hydrogen-bond acceptors (Lipinski definition) is 11. The molecule has 0 radical (unpaired) electrons. The third kappa shape index (κ3) is 6.29. The van der Waals surface area contributed by atoms with Gasteiger partial charge in [-0.1, -0.05) is 41.5 Å². The fraction of sp³-hybridized carbons (Fsp3) is 0.540. The Bertz CT molecular complexity index is 2450. The summed E-state index contributed by atoms with van der Waals surface area (Å²) >= 11 is 0. The number of esters is 1. The molecular formula is C50H62N4O8. The SMILES string of the molecule is COC(=O)/C(C)=C\CC12OC(C)(C)C3CC(C1=O)C1C4C(Nc5nc6ccccc6n51)c1c(OCCNCCO)c5c(c(CC=C(C)C)c1OC432)OC(C)(CCC=C(C)C)C=C5. The molecule has 1 spiro atoms. The Kier molecular flexibility index (Phi) is 10.5. The standard InChI is InChI=1S/C50H62N4O8/c1-28(2)13-12-20-48(8)21-19-32-41(60-48)31(17-16-29(3)4)43-37(42(32)59-26-24-51-23-25-55)39-38-40(54-35-15-11-10-14-34(35)52-46(54)53-39)33-27-36-47(6,7)62-49(44(33)56,50(36,38)61-43)22-18-30(5)45(57)58-9/h10-11,13-16,18-19,21,33,36,38-40,51,55H,12,17,20,22-27H2,1-9H3,(H,52,53)/b30-18-. The maximum absolute atomic E-state index is 15.8. The van der Waals surface area contributed by atoms with Gasteiger partial charge < -0.3 is 44.0 Å². The van der Waals surface area contributed by atoms with Gasteiger partial charge in [0.15, 0.2) is 17.0 Å². The number of carbonyl (C=O) groups is 2. The fourth-order valence-corrected chi connectivity index (χ4v) is 11.8. The van der Waals surface area contributed by atoms with E-state index in [-0.39, 0.29) is 36.7 Å². The van der Waals surface area contributed by atoms with Crippen LogP contribution in [0.3, 0.4) is 0 Å². The first-order valence-electron chi connectivity index (χ1n) is 22.4. The molecule has 4 fully saturated rings. The lowest BCUT2D eigenvalue weighted by Crippen LogP contribution is -2.79. The number of benzene rings is 2. The monoisotopic (exact) mass is 846 g/mol. The lowest BCUT2D eigenvalue weighted by atomic mass is 9.44. The lowest BCUT2D eigenvalue weighted by Gasteiger charge is -2.67. The van der Waals surface area contributed by atoms with Crippen LogP contribution in [0, 0.1) is 17.8 Å². The number of ketones is 1. The second-order valence-corrected chi connectivity index (χ2v) is 19.4. The molecule has 7 aliphatic rings. The summed E-state index contributed by atoms with van der Waals surface area (Å²) in [5.74, 6) is 1.28. The molecular weight excluding hydrogens is 785 g/mol. The predicted octanol–water partition coefficient (Wildman–Crippen LogP) is 8.15. The van der Waals surface area contributed by atoms with Gasteiger partial charge in [-0.15, -0.1) is 0 Å². The van der Waals surface area contributed by atoms with E-state index >= 15 is 4.79 Å². The fourth-order valence-electron chi connectivity index (χ4n) is 11.8. The quantitative estimate of drug-likeness (QED) is 0.0627. The van der Waals surface area contributed by atoms with Crippen LogP contribution >= 0.6 is 0 Å². The Morgan fingerprint density at radius 3 is 2.56 bits per heavy atom. The number of carbonyl (C=O) groups excluding carboxylic acids is 2. The van der Waals surface area contributed by atoms with Gasteiger partial charge >= 0.3 is 5.97 Å². The first-order valence-corrected chi connectivity index (χ1v) is 22.4. The number of nitrogens with zero attached hydrogens (tertiary/aromatic N) is 2. The van der Waals surface area contributed by atoms with Crippen molar-refractivity contribution in [1.82, 2.24) is 14.9 Å². The molecule has 62 heavy (non-hydrogen) atoms. The molecule has 330 valence electrons. The topological polar surface area (TPSA) is 142 Å². The Morgan fingerprint density at radius 1 is 1.05 bits per heavy atom. The molecule has 0 amide bonds. The van der Waals surface area contributed by atoms with Crippen molar-refractivity contribution in [2.24, 2.45) is 17.8 Å². The number of fused-ring (bicyclic) bond motifs is 6. The number of hydrogen-bond donors (Lipinski definition) is 3. The third-order valence-corrected chi connectivity index (χ3v) is 14.4. The summed E-state index contributed by atoms with van der Waals surface area (Å²) in [5, 5.41) is 16.8. The van der Waals surface area contributed by atoms with Crippen LogP contribution in [0.15, 0.2) is 65.3 Å². The molecule has 8 atom stereocenters. The summed E-state index contributed by atoms with van der Waals surface area (Å²) in [5.41, 5.74) is 3.19. The zero-order valence-electron chi connectivity index (χ0n) is 37.6. The number of anilines is 1. The molecule has 10 rings (SSSR count). The van der Waals surface area contributed by atoms with Crippen LogP contribution in [-0.4, -0.2) is 82.2 Å². The first kappa shape index (κ1) is 42.4. The van der Waals surface area contributed by atoms with Gasteiger partial charge in [0.1, 0.15) is 29.5 Å². The van der Waals surface area contributed by atoms with Crippen LogP contribution in [0.25, 0.3) is 17.1 Å². The smallest absolute Gasteiger partial charge is 0.333 e. The van der Waals surface area contributed by atoms with Gasteiger partial charge in [0.05, 0.1) is 53.6 Å². The second kappa shape index (κ2) is 15.4. The van der Waals surface area contributed by atoms with E-state index in [0.717, 1.165) is 46.1 Å². The number of methoxy groups -OCH3 is 1. The minimum Gasteiger partial charge on any atom is -0.491 e. The zero-order chi connectivity index (χ0) is 43.9. The van der Waals surface area contributed by atoms with Gasteiger partial charge in [0.25, 0.3) is 0 Å². The Balaban J connectivity index is 1.34. The van der Waals surface area contributed by atoms with Crippen molar-refractivity contribution in [3.63, 3.8) is 0 Å². The summed E-state index contributed by atoms with van der Waals surface area (Å²) < 4.78 is 36.9. The van der Waals surface area contributed by atoms with E-state index in [1.807, 2.05) is 24.3 Å². The van der Waals surface area contributed by atoms with E-state index in [1.165, 1.54) is 12.7 Å². The summed E-state index contributed by atoms with van der Waals surface area (Å²) in [7, 11) is 1.37. The summed E-state index contributed by atoms with van der Waals surface area (Å²) in [4.78, 5) is 33.9. The molecule has 3 aliphatic carbocycles. The average molecular weight is 847 g/mol. The summed E-state index contributed by atoms with van der Waals surface area (Å²) in [6.07, 6.45) is 13.4. The Labute approximate surface area is 364 Å². The number of aliphatic hydroxyl groups is 1. The van der Waals surface area contributed by atoms with Crippen molar-refractivity contribution < 1.29 is 38.4 Å². The highest BCUT2D eigenvalue weighted by Gasteiger charge is 2.86. The van der Waals surface area contributed by atoms with Crippen molar-refractivity contribution in [2.75, 3.05) is 38.7 Å². The zero-order valence-corrected chi connectivity index (χ0v) is 37.6. The van der Waals surface area contributed by atoms with E-state index in [2.05, 4.69) is 94.0 Å². The van der Waals surface area contributed by atoms with Gasteiger partial charge in [-0.2, -0.15) is 0 Å². The van der Waals surface area contributed by atoms with E-state index in [0.29, 0.717) is 61.3 Å². The molecule has 4 aliphatic heterocycles. The summed E-state index contributed by atoms with van der Waals surface area (Å²) in [6.45, 7) is 17.7. The van der Waals surface area contributed by atoms with Gasteiger partial charge in [-0.05, 0) is 105 Å². The lowest BCUT2D eigenvalue weighted by molar-refractivity contribution is -0.223. The molecule has 3 N–H and O–H groups in total. The minimum atomic E-state index is -1.44. The summed E-state index contributed by atoms with van der Waals surface area (Å²) in [6, 6.07) is 7.36. The second-order valence-electron chi connectivity index (χ2n) is 19.4. The average Bonchev–Trinajstić information content (AvgIpc) is 3.67. The van der Waals surface area contributed by atoms with Gasteiger partial charge in [-0.3, -0.25) is 4.79 Å². The molecule has 8 unspecified atom stereocenters. The van der Waals surface area contributed by atoms with Crippen molar-refractivity contribution in [2.45, 2.75) is 122 Å². The molecule has 3 aromatic rings. The minimum absolute atomic E-state index is 0.0106. The highest BCUT2D eigenvalue weighted by molar-refractivity contribution is 5.97. The maximum atomic E-state index is 15.8. The number of allylic oxidation sites excluding steroid dienone is 4. The molecule has 2 aromatic carbocycles. The van der Waals surface area contributed by atoms with Crippen LogP contribution in [0.4, 0.5) is 5.95 Å². The number of Topliss-reactive ketones (excluding diaryl/α,β-unsaturated/α-hetero) is 1. The van der Waals surface area contributed by atoms with Crippen LogP contribution in [0.5, 0.6) is 17.2 Å². The highest BCUT2D eigenvalue weighted by Crippen LogP contribution is 2.76. The van der Waals surface area contributed by atoms with Crippen LogP contribution in [0.1, 0.15) is 110 Å². The van der Waals surface area contributed by atoms with Gasteiger partial charge in [0, 0.05) is 48.4 Å². The van der Waals surface area contributed by atoms with Crippen molar-refractivity contribution in [1.29, 1.82) is 0 Å².